The molecule has 0 atom stereocenters. The van der Waals surface area contributed by atoms with Crippen LogP contribution in [0.3, 0.4) is 0 Å². The average molecular weight is 294 g/mol. The zero-order chi connectivity index (χ0) is 14.0. The molecule has 1 heterocycles. The Morgan fingerprint density at radius 1 is 1.20 bits per heavy atom. The Hall–Kier alpha value is -1.03. The van der Waals surface area contributed by atoms with Crippen LogP contribution in [0.5, 0.6) is 0 Å². The van der Waals surface area contributed by atoms with Crippen LogP contribution in [0.15, 0.2) is 28.7 Å². The SMILES string of the molecule is OC1(CNCc2c(Cl)oc3ccccc23)CCCCC1. The third kappa shape index (κ3) is 2.85. The van der Waals surface area contributed by atoms with E-state index < -0.39 is 5.60 Å². The first-order valence-electron chi connectivity index (χ1n) is 7.27. The molecule has 1 aliphatic carbocycles. The molecule has 0 amide bonds. The van der Waals surface area contributed by atoms with Crippen molar-refractivity contribution in [1.82, 2.24) is 5.32 Å². The normalized spacial score (nSPS) is 18.5. The number of fused-ring (bicyclic) bond motifs is 1. The maximum Gasteiger partial charge on any atom is 0.199 e. The highest BCUT2D eigenvalue weighted by molar-refractivity contribution is 6.30. The number of benzene rings is 1. The first-order chi connectivity index (χ1) is 9.68. The Kier molecular flexibility index (Phi) is 4.01. The highest BCUT2D eigenvalue weighted by Gasteiger charge is 2.28. The van der Waals surface area contributed by atoms with Crippen LogP contribution < -0.4 is 5.32 Å². The van der Waals surface area contributed by atoms with Gasteiger partial charge in [-0.1, -0.05) is 37.5 Å². The molecule has 0 spiro atoms. The van der Waals surface area contributed by atoms with Gasteiger partial charge in [-0.05, 0) is 30.5 Å². The van der Waals surface area contributed by atoms with Gasteiger partial charge in [0.25, 0.3) is 0 Å². The molecule has 4 heteroatoms. The lowest BCUT2D eigenvalue weighted by Gasteiger charge is -2.32. The minimum Gasteiger partial charge on any atom is -0.444 e. The van der Waals surface area contributed by atoms with Crippen molar-refractivity contribution in [2.24, 2.45) is 0 Å². The van der Waals surface area contributed by atoms with Crippen LogP contribution in [-0.4, -0.2) is 17.3 Å². The van der Waals surface area contributed by atoms with Crippen molar-refractivity contribution in [3.8, 4) is 0 Å². The van der Waals surface area contributed by atoms with Crippen molar-refractivity contribution >= 4 is 22.6 Å². The van der Waals surface area contributed by atoms with Crippen LogP contribution in [0, 0.1) is 0 Å². The highest BCUT2D eigenvalue weighted by atomic mass is 35.5. The van der Waals surface area contributed by atoms with Crippen LogP contribution in [-0.2, 0) is 6.54 Å². The molecule has 108 valence electrons. The topological polar surface area (TPSA) is 45.4 Å². The van der Waals surface area contributed by atoms with Gasteiger partial charge in [-0.2, -0.15) is 0 Å². The summed E-state index contributed by atoms with van der Waals surface area (Å²) in [7, 11) is 0. The van der Waals surface area contributed by atoms with E-state index in [-0.39, 0.29) is 0 Å². The van der Waals surface area contributed by atoms with E-state index in [2.05, 4.69) is 5.32 Å². The summed E-state index contributed by atoms with van der Waals surface area (Å²) < 4.78 is 5.53. The Morgan fingerprint density at radius 2 is 1.95 bits per heavy atom. The van der Waals surface area contributed by atoms with Crippen molar-refractivity contribution in [3.63, 3.8) is 0 Å². The largest absolute Gasteiger partial charge is 0.444 e. The number of para-hydroxylation sites is 1. The smallest absolute Gasteiger partial charge is 0.199 e. The second-order valence-corrected chi connectivity index (χ2v) is 6.08. The Bertz CT molecular complexity index is 587. The lowest BCUT2D eigenvalue weighted by molar-refractivity contribution is 0.00468. The highest BCUT2D eigenvalue weighted by Crippen LogP contribution is 2.30. The molecule has 1 fully saturated rings. The first kappa shape index (κ1) is 13.9. The monoisotopic (exact) mass is 293 g/mol. The molecule has 0 radical (unpaired) electrons. The molecule has 20 heavy (non-hydrogen) atoms. The summed E-state index contributed by atoms with van der Waals surface area (Å²) in [4.78, 5) is 0. The lowest BCUT2D eigenvalue weighted by Crippen LogP contribution is -2.41. The number of hydrogen-bond donors (Lipinski definition) is 2. The van der Waals surface area contributed by atoms with Crippen molar-refractivity contribution in [2.75, 3.05) is 6.54 Å². The van der Waals surface area contributed by atoms with E-state index in [0.29, 0.717) is 18.3 Å². The van der Waals surface area contributed by atoms with Crippen LogP contribution in [0.4, 0.5) is 0 Å². The molecule has 0 unspecified atom stereocenters. The van der Waals surface area contributed by atoms with E-state index in [1.807, 2.05) is 24.3 Å². The van der Waals surface area contributed by atoms with Gasteiger partial charge in [0.1, 0.15) is 5.58 Å². The molecule has 0 bridgehead atoms. The summed E-state index contributed by atoms with van der Waals surface area (Å²) >= 11 is 6.15. The number of rotatable bonds is 4. The van der Waals surface area contributed by atoms with Crippen LogP contribution >= 0.6 is 11.6 Å². The molecule has 3 nitrogen and oxygen atoms in total. The van der Waals surface area contributed by atoms with E-state index in [1.54, 1.807) is 0 Å². The van der Waals surface area contributed by atoms with Crippen LogP contribution in [0.2, 0.25) is 5.22 Å². The minimum absolute atomic E-state index is 0.439. The minimum atomic E-state index is -0.551. The van der Waals surface area contributed by atoms with Crippen LogP contribution in [0.1, 0.15) is 37.7 Å². The Morgan fingerprint density at radius 3 is 2.75 bits per heavy atom. The molecule has 2 aromatic rings. The van der Waals surface area contributed by atoms with Gasteiger partial charge in [0.2, 0.25) is 0 Å². The second kappa shape index (κ2) is 5.76. The average Bonchev–Trinajstić information content (AvgIpc) is 2.76. The third-order valence-electron chi connectivity index (χ3n) is 4.19. The summed E-state index contributed by atoms with van der Waals surface area (Å²) in [6, 6.07) is 7.84. The fraction of sp³-hybridized carbons (Fsp3) is 0.500. The second-order valence-electron chi connectivity index (χ2n) is 5.74. The van der Waals surface area contributed by atoms with Gasteiger partial charge in [-0.3, -0.25) is 0 Å². The molecule has 1 aliphatic rings. The number of hydrogen-bond acceptors (Lipinski definition) is 3. The number of halogens is 1. The quantitative estimate of drug-likeness (QED) is 0.899. The van der Waals surface area contributed by atoms with E-state index in [9.17, 15) is 5.11 Å². The van der Waals surface area contributed by atoms with Crippen molar-refractivity contribution in [1.29, 1.82) is 0 Å². The number of furan rings is 1. The van der Waals surface area contributed by atoms with Gasteiger partial charge in [0, 0.05) is 24.0 Å². The van der Waals surface area contributed by atoms with E-state index in [4.69, 9.17) is 16.0 Å². The predicted molar refractivity (Wildman–Crippen MR) is 81.0 cm³/mol. The van der Waals surface area contributed by atoms with Gasteiger partial charge in [-0.15, -0.1) is 0 Å². The fourth-order valence-corrected chi connectivity index (χ4v) is 3.29. The van der Waals surface area contributed by atoms with Crippen molar-refractivity contribution < 1.29 is 9.52 Å². The summed E-state index contributed by atoms with van der Waals surface area (Å²) in [6.45, 7) is 1.24. The van der Waals surface area contributed by atoms with Gasteiger partial charge >= 0.3 is 0 Å². The zero-order valence-electron chi connectivity index (χ0n) is 11.5. The fourth-order valence-electron chi connectivity index (χ4n) is 3.04. The van der Waals surface area contributed by atoms with Gasteiger partial charge in [0.15, 0.2) is 5.22 Å². The van der Waals surface area contributed by atoms with E-state index >= 15 is 0 Å². The molecule has 0 saturated heterocycles. The molecule has 1 aromatic carbocycles. The summed E-state index contributed by atoms with van der Waals surface area (Å²) in [5.41, 5.74) is 1.23. The molecule has 3 rings (SSSR count). The molecule has 1 aromatic heterocycles. The molecule has 2 N–H and O–H groups in total. The molecule has 1 saturated carbocycles. The maximum atomic E-state index is 10.5. The molecular formula is C16H20ClNO2. The lowest BCUT2D eigenvalue weighted by atomic mass is 9.85. The summed E-state index contributed by atoms with van der Waals surface area (Å²) in [5, 5.41) is 15.3. The predicted octanol–water partition coefficient (Wildman–Crippen LogP) is 3.87. The van der Waals surface area contributed by atoms with Gasteiger partial charge in [-0.25, -0.2) is 0 Å². The first-order valence-corrected chi connectivity index (χ1v) is 7.65. The molecular weight excluding hydrogens is 274 g/mol. The van der Waals surface area contributed by atoms with Crippen molar-refractivity contribution in [3.05, 3.63) is 35.0 Å². The standard InChI is InChI=1S/C16H20ClNO2/c17-15-13(12-6-2-3-7-14(12)20-15)10-18-11-16(19)8-4-1-5-9-16/h2-3,6-7,18-19H,1,4-5,8-11H2. The Balaban J connectivity index is 1.66. The zero-order valence-corrected chi connectivity index (χ0v) is 12.2. The summed E-state index contributed by atoms with van der Waals surface area (Å²) in [6.07, 6.45) is 5.25. The molecule has 0 aliphatic heterocycles. The Labute approximate surface area is 123 Å². The van der Waals surface area contributed by atoms with E-state index in [1.165, 1.54) is 6.42 Å². The van der Waals surface area contributed by atoms with Gasteiger partial charge < -0.3 is 14.8 Å². The summed E-state index contributed by atoms with van der Waals surface area (Å²) in [5.74, 6) is 0. The van der Waals surface area contributed by atoms with Crippen molar-refractivity contribution in [2.45, 2.75) is 44.2 Å². The van der Waals surface area contributed by atoms with Gasteiger partial charge in [0.05, 0.1) is 5.60 Å². The number of aliphatic hydroxyl groups is 1. The van der Waals surface area contributed by atoms with Crippen LogP contribution in [0.25, 0.3) is 11.0 Å². The third-order valence-corrected chi connectivity index (χ3v) is 4.49. The van der Waals surface area contributed by atoms with E-state index in [0.717, 1.165) is 42.2 Å². The maximum absolute atomic E-state index is 10.5. The number of nitrogens with one attached hydrogen (secondary N) is 1.